The van der Waals surface area contributed by atoms with E-state index < -0.39 is 40.3 Å². The Labute approximate surface area is 304 Å². The molecule has 0 saturated carbocycles. The van der Waals surface area contributed by atoms with E-state index in [1.807, 2.05) is 6.08 Å². The number of halogens is 1. The van der Waals surface area contributed by atoms with Gasteiger partial charge in [0.05, 0.1) is 37.4 Å². The van der Waals surface area contributed by atoms with E-state index >= 15 is 0 Å². The predicted molar refractivity (Wildman–Crippen MR) is 200 cm³/mol. The molecule has 3 aliphatic heterocycles. The second-order valence-corrected chi connectivity index (χ2v) is 24.4. The van der Waals surface area contributed by atoms with Gasteiger partial charge in [-0.3, -0.25) is 0 Å². The zero-order chi connectivity index (χ0) is 36.3. The second kappa shape index (κ2) is 19.5. The van der Waals surface area contributed by atoms with Crippen LogP contribution < -0.4 is 0 Å². The molecule has 3 fully saturated rings. The number of carbonyl (C=O) groups excluding carboxylic acids is 1. The van der Waals surface area contributed by atoms with E-state index in [9.17, 15) is 9.90 Å². The monoisotopic (exact) mass is 746 g/mol. The van der Waals surface area contributed by atoms with Crippen LogP contribution in [0.1, 0.15) is 93.4 Å². The van der Waals surface area contributed by atoms with Crippen molar-refractivity contribution in [1.82, 2.24) is 0 Å². The van der Waals surface area contributed by atoms with Crippen LogP contribution >= 0.6 is 11.6 Å². The van der Waals surface area contributed by atoms with Crippen molar-refractivity contribution in [2.75, 3.05) is 20.8 Å². The van der Waals surface area contributed by atoms with Crippen LogP contribution in [0, 0.1) is 5.92 Å². The molecule has 49 heavy (non-hydrogen) atoms. The Morgan fingerprint density at radius 3 is 2.12 bits per heavy atom. The summed E-state index contributed by atoms with van der Waals surface area (Å²) in [6.07, 6.45) is 10.4. The number of aliphatic hydroxyl groups is 1. The minimum absolute atomic E-state index is 0.0912. The first-order valence-corrected chi connectivity index (χ1v) is 24.5. The third-order valence-corrected chi connectivity index (χ3v) is 21.7. The lowest BCUT2D eigenvalue weighted by Crippen LogP contribution is -2.62. The van der Waals surface area contributed by atoms with Crippen LogP contribution in [-0.4, -0.2) is 96.0 Å². The number of hydrogen-bond donors (Lipinski definition) is 1. The topological polar surface area (TPSA) is 102 Å². The normalized spacial score (nSPS) is 33.3. The number of alkyl halides is 1. The molecule has 284 valence electrons. The molecule has 0 aromatic carbocycles. The number of methoxy groups -OCH3 is 2. The number of carbonyl (C=O) groups is 1. The highest BCUT2D eigenvalue weighted by atomic mass is 35.5. The molecule has 3 rings (SSSR count). The molecular weight excluding hydrogens is 680 g/mol. The molecule has 0 unspecified atom stereocenters. The molecule has 0 bridgehead atoms. The van der Waals surface area contributed by atoms with Gasteiger partial charge in [0.25, 0.3) is 0 Å². The summed E-state index contributed by atoms with van der Waals surface area (Å²) >= 11 is 7.03. The third-order valence-electron chi connectivity index (χ3n) is 11.8. The summed E-state index contributed by atoms with van der Waals surface area (Å²) in [7, 11) is -0.810. The molecule has 9 atom stereocenters. The fourth-order valence-electron chi connectivity index (χ4n) is 7.82. The lowest BCUT2D eigenvalue weighted by molar-refractivity contribution is -0.414. The van der Waals surface area contributed by atoms with Gasteiger partial charge < -0.3 is 37.6 Å². The summed E-state index contributed by atoms with van der Waals surface area (Å²) in [6.45, 7) is 16.2. The standard InChI is InChI=1S/C37H67ClO9Si2/c1-10-48(11-2,12-3)43-27-33-34(38)32(41-8)25-36(44-33)24-23-28(7)37(47-36)26-31(46-49(13-4,14-5)15-6)30(45-37)22-20-18-16-17-19-21-29(39)35(40)42-9/h17-20,28-34,39H,10-16,21-27H2,1-9H3/b19-17-,20-18+/t28-,29-,30-,31-,32+,33+,34-,36+,37+/m0/s1. The predicted octanol–water partition coefficient (Wildman–Crippen LogP) is 8.25. The summed E-state index contributed by atoms with van der Waals surface area (Å²) in [5.41, 5.74) is 0. The molecule has 3 aliphatic rings. The van der Waals surface area contributed by atoms with E-state index in [1.54, 1.807) is 13.2 Å². The molecule has 0 aromatic rings. The van der Waals surface area contributed by atoms with Gasteiger partial charge in [0.1, 0.15) is 6.10 Å². The van der Waals surface area contributed by atoms with E-state index in [0.717, 1.165) is 49.1 Å². The Hall–Kier alpha value is -0.606. The van der Waals surface area contributed by atoms with Crippen LogP contribution in [-0.2, 0) is 37.3 Å². The van der Waals surface area contributed by atoms with Crippen LogP contribution in [0.3, 0.4) is 0 Å². The molecular formula is C37H67ClO9Si2. The molecule has 9 nitrogen and oxygen atoms in total. The van der Waals surface area contributed by atoms with Gasteiger partial charge in [0.2, 0.25) is 0 Å². The lowest BCUT2D eigenvalue weighted by atomic mass is 9.83. The zero-order valence-electron chi connectivity index (χ0n) is 31.8. The number of rotatable bonds is 19. The first kappa shape index (κ1) is 42.8. The summed E-state index contributed by atoms with van der Waals surface area (Å²) < 4.78 is 45.6. The van der Waals surface area contributed by atoms with Crippen molar-refractivity contribution in [2.45, 2.75) is 177 Å². The van der Waals surface area contributed by atoms with Gasteiger partial charge in [-0.1, -0.05) is 72.8 Å². The van der Waals surface area contributed by atoms with Crippen molar-refractivity contribution in [3.63, 3.8) is 0 Å². The minimum Gasteiger partial charge on any atom is -0.467 e. The highest BCUT2D eigenvalue weighted by Gasteiger charge is 2.61. The molecule has 0 radical (unpaired) electrons. The van der Waals surface area contributed by atoms with Crippen molar-refractivity contribution < 1.29 is 42.4 Å². The smallest absolute Gasteiger partial charge is 0.335 e. The first-order chi connectivity index (χ1) is 23.4. The summed E-state index contributed by atoms with van der Waals surface area (Å²) in [4.78, 5) is 11.5. The van der Waals surface area contributed by atoms with Crippen molar-refractivity contribution in [3.8, 4) is 0 Å². The Balaban J connectivity index is 1.82. The van der Waals surface area contributed by atoms with Crippen molar-refractivity contribution in [1.29, 1.82) is 0 Å². The number of aliphatic hydroxyl groups excluding tert-OH is 1. The van der Waals surface area contributed by atoms with Gasteiger partial charge in [-0.2, -0.15) is 0 Å². The molecule has 3 saturated heterocycles. The van der Waals surface area contributed by atoms with Gasteiger partial charge in [-0.05, 0) is 55.5 Å². The van der Waals surface area contributed by atoms with Gasteiger partial charge in [0.15, 0.2) is 34.3 Å². The molecule has 3 heterocycles. The van der Waals surface area contributed by atoms with E-state index in [2.05, 4.69) is 65.4 Å². The van der Waals surface area contributed by atoms with Crippen LogP contribution in [0.15, 0.2) is 24.3 Å². The van der Waals surface area contributed by atoms with Gasteiger partial charge in [-0.15, -0.1) is 11.6 Å². The summed E-state index contributed by atoms with van der Waals surface area (Å²) in [6, 6.07) is 6.37. The van der Waals surface area contributed by atoms with E-state index in [0.29, 0.717) is 32.3 Å². The maximum absolute atomic E-state index is 11.5. The molecule has 12 heteroatoms. The lowest BCUT2D eigenvalue weighted by Gasteiger charge is -2.54. The van der Waals surface area contributed by atoms with Crippen LogP contribution in [0.2, 0.25) is 36.3 Å². The molecule has 1 N–H and O–H groups in total. The Bertz CT molecular complexity index is 1050. The highest BCUT2D eigenvalue weighted by Crippen LogP contribution is 2.53. The van der Waals surface area contributed by atoms with Gasteiger partial charge in [0, 0.05) is 38.7 Å². The van der Waals surface area contributed by atoms with E-state index in [1.165, 1.54) is 7.11 Å². The Morgan fingerprint density at radius 2 is 1.53 bits per heavy atom. The van der Waals surface area contributed by atoms with Gasteiger partial charge in [-0.25, -0.2) is 4.79 Å². The average molecular weight is 748 g/mol. The number of ether oxygens (including phenoxy) is 5. The Kier molecular flexibility index (Phi) is 17.0. The van der Waals surface area contributed by atoms with Crippen LogP contribution in [0.25, 0.3) is 0 Å². The fourth-order valence-corrected chi connectivity index (χ4v) is 13.6. The Morgan fingerprint density at radius 1 is 0.898 bits per heavy atom. The first-order valence-electron chi connectivity index (χ1n) is 19.0. The largest absolute Gasteiger partial charge is 0.467 e. The molecule has 0 aliphatic carbocycles. The molecule has 0 amide bonds. The van der Waals surface area contributed by atoms with Crippen molar-refractivity contribution in [3.05, 3.63) is 24.3 Å². The maximum atomic E-state index is 11.5. The van der Waals surface area contributed by atoms with E-state index in [4.69, 9.17) is 39.4 Å². The van der Waals surface area contributed by atoms with Gasteiger partial charge >= 0.3 is 5.97 Å². The molecule has 0 aromatic heterocycles. The van der Waals surface area contributed by atoms with Crippen molar-refractivity contribution >= 4 is 34.2 Å². The SMILES string of the molecule is CC[Si](CC)(CC)OC[C@H]1O[C@@]2(CC[C@H](C)[C@@]3(C[C@H](O[Si](CC)(CC)CC)[C@H](C/C=C/C/C=C\C[C@H](O)C(=O)OC)O3)O2)C[C@@H](OC)[C@@H]1Cl. The average Bonchev–Trinajstić information content (AvgIpc) is 3.46. The quantitative estimate of drug-likeness (QED) is 0.0606. The fraction of sp³-hybridized carbons (Fsp3) is 0.865. The number of allylic oxidation sites excluding steroid dienone is 2. The summed E-state index contributed by atoms with van der Waals surface area (Å²) in [5, 5.41) is 9.48. The van der Waals surface area contributed by atoms with Crippen LogP contribution in [0.4, 0.5) is 0 Å². The van der Waals surface area contributed by atoms with E-state index in [-0.39, 0.29) is 42.1 Å². The highest BCUT2D eigenvalue weighted by molar-refractivity contribution is 6.74. The maximum Gasteiger partial charge on any atom is 0.335 e. The van der Waals surface area contributed by atoms with Crippen LogP contribution in [0.5, 0.6) is 0 Å². The second-order valence-electron chi connectivity index (χ2n) is 14.3. The molecule has 2 spiro atoms. The third kappa shape index (κ3) is 10.5. The number of esters is 1. The van der Waals surface area contributed by atoms with Crippen molar-refractivity contribution in [2.24, 2.45) is 5.92 Å². The number of hydrogen-bond acceptors (Lipinski definition) is 9. The summed E-state index contributed by atoms with van der Waals surface area (Å²) in [5.74, 6) is -2.21. The minimum atomic E-state index is -1.95. The zero-order valence-corrected chi connectivity index (χ0v) is 34.6.